The Balaban J connectivity index is 2.16. The van der Waals surface area contributed by atoms with Crippen molar-refractivity contribution in [1.29, 1.82) is 0 Å². The minimum atomic E-state index is -0.697. The highest BCUT2D eigenvalue weighted by Gasteiger charge is 2.25. The van der Waals surface area contributed by atoms with Crippen LogP contribution < -0.4 is 5.32 Å². The van der Waals surface area contributed by atoms with E-state index in [0.29, 0.717) is 6.42 Å². The highest BCUT2D eigenvalue weighted by molar-refractivity contribution is 9.10. The molecule has 0 spiro atoms. The lowest BCUT2D eigenvalue weighted by Crippen LogP contribution is -2.36. The van der Waals surface area contributed by atoms with Crippen LogP contribution in [0.1, 0.15) is 17.9 Å². The lowest BCUT2D eigenvalue weighted by atomic mass is 9.90. The van der Waals surface area contributed by atoms with E-state index < -0.39 is 6.17 Å². The summed E-state index contributed by atoms with van der Waals surface area (Å²) in [5, 5.41) is 3.23. The van der Waals surface area contributed by atoms with Gasteiger partial charge in [0.25, 0.3) is 0 Å². The van der Waals surface area contributed by atoms with Gasteiger partial charge in [-0.1, -0.05) is 28.1 Å². The summed E-state index contributed by atoms with van der Waals surface area (Å²) < 4.78 is 14.6. The molecule has 1 aliphatic heterocycles. The molecule has 0 aromatic heterocycles. The van der Waals surface area contributed by atoms with Gasteiger partial charge in [-0.2, -0.15) is 0 Å². The summed E-state index contributed by atoms with van der Waals surface area (Å²) in [5.74, 6) is 0.0249. The highest BCUT2D eigenvalue weighted by atomic mass is 79.9. The Morgan fingerprint density at radius 2 is 2.00 bits per heavy atom. The third-order valence-corrected chi connectivity index (χ3v) is 3.22. The van der Waals surface area contributed by atoms with Crippen LogP contribution in [0.5, 0.6) is 0 Å². The van der Waals surface area contributed by atoms with Crippen molar-refractivity contribution in [3.05, 3.63) is 34.3 Å². The van der Waals surface area contributed by atoms with Crippen LogP contribution in [-0.4, -0.2) is 19.3 Å². The number of hydrogen-bond donors (Lipinski definition) is 1. The summed E-state index contributed by atoms with van der Waals surface area (Å²) in [6.45, 7) is 1.55. The molecule has 0 saturated carbocycles. The maximum absolute atomic E-state index is 13.6. The van der Waals surface area contributed by atoms with E-state index in [0.717, 1.165) is 23.1 Å². The summed E-state index contributed by atoms with van der Waals surface area (Å²) >= 11 is 3.38. The topological polar surface area (TPSA) is 12.0 Å². The number of rotatable bonds is 1. The van der Waals surface area contributed by atoms with E-state index in [-0.39, 0.29) is 5.92 Å². The first-order chi connectivity index (χ1) is 6.77. The molecule has 2 unspecified atom stereocenters. The van der Waals surface area contributed by atoms with Gasteiger partial charge < -0.3 is 5.32 Å². The van der Waals surface area contributed by atoms with Crippen molar-refractivity contribution >= 4 is 15.9 Å². The number of benzene rings is 1. The summed E-state index contributed by atoms with van der Waals surface area (Å²) in [6.07, 6.45) is -0.0711. The molecule has 0 aliphatic carbocycles. The third kappa shape index (κ3) is 2.15. The van der Waals surface area contributed by atoms with Gasteiger partial charge in [0, 0.05) is 16.9 Å². The van der Waals surface area contributed by atoms with Crippen LogP contribution in [0.15, 0.2) is 28.7 Å². The molecule has 2 rings (SSSR count). The van der Waals surface area contributed by atoms with Crippen LogP contribution in [0.3, 0.4) is 0 Å². The molecular formula is C11H13BrFN. The number of hydrogen-bond acceptors (Lipinski definition) is 1. The Labute approximate surface area is 91.8 Å². The molecule has 0 amide bonds. The minimum Gasteiger partial charge on any atom is -0.316 e. The maximum Gasteiger partial charge on any atom is 0.109 e. The number of piperidine rings is 1. The van der Waals surface area contributed by atoms with Gasteiger partial charge in [-0.15, -0.1) is 0 Å². The fourth-order valence-electron chi connectivity index (χ4n) is 1.86. The van der Waals surface area contributed by atoms with E-state index in [1.807, 2.05) is 24.3 Å². The van der Waals surface area contributed by atoms with Gasteiger partial charge in [0.1, 0.15) is 6.17 Å². The second kappa shape index (κ2) is 4.41. The Morgan fingerprint density at radius 1 is 1.29 bits per heavy atom. The number of nitrogens with one attached hydrogen (secondary N) is 1. The van der Waals surface area contributed by atoms with E-state index in [1.54, 1.807) is 0 Å². The van der Waals surface area contributed by atoms with Gasteiger partial charge in [0.15, 0.2) is 0 Å². The highest BCUT2D eigenvalue weighted by Crippen LogP contribution is 2.27. The molecule has 1 aromatic rings. The smallest absolute Gasteiger partial charge is 0.109 e. The van der Waals surface area contributed by atoms with Crippen molar-refractivity contribution in [1.82, 2.24) is 5.32 Å². The first kappa shape index (κ1) is 10.1. The van der Waals surface area contributed by atoms with Crippen LogP contribution in [0.4, 0.5) is 4.39 Å². The van der Waals surface area contributed by atoms with Crippen LogP contribution in [0.2, 0.25) is 0 Å². The van der Waals surface area contributed by atoms with Crippen molar-refractivity contribution in [3.63, 3.8) is 0 Å². The predicted molar refractivity (Wildman–Crippen MR) is 59.3 cm³/mol. The van der Waals surface area contributed by atoms with Crippen molar-refractivity contribution in [2.75, 3.05) is 13.1 Å². The lowest BCUT2D eigenvalue weighted by molar-refractivity contribution is 0.228. The van der Waals surface area contributed by atoms with E-state index >= 15 is 0 Å². The molecule has 1 nitrogen and oxygen atoms in total. The molecule has 3 heteroatoms. The molecule has 1 saturated heterocycles. The first-order valence-electron chi connectivity index (χ1n) is 4.87. The second-order valence-corrected chi connectivity index (χ2v) is 4.58. The van der Waals surface area contributed by atoms with E-state index in [2.05, 4.69) is 21.2 Å². The van der Waals surface area contributed by atoms with Gasteiger partial charge in [0.2, 0.25) is 0 Å². The fourth-order valence-corrected chi connectivity index (χ4v) is 2.13. The average molecular weight is 258 g/mol. The molecule has 76 valence electrons. The summed E-state index contributed by atoms with van der Waals surface area (Å²) in [6, 6.07) is 7.93. The Kier molecular flexibility index (Phi) is 3.19. The standard InChI is InChI=1S/C11H13BrFN/c12-9-3-1-8(2-4-9)10-7-14-6-5-11(10)13/h1-4,10-11,14H,5-7H2. The van der Waals surface area contributed by atoms with E-state index in [1.165, 1.54) is 0 Å². The number of halogens is 2. The molecule has 1 aromatic carbocycles. The normalized spacial score (nSPS) is 27.6. The van der Waals surface area contributed by atoms with E-state index in [4.69, 9.17) is 0 Å². The summed E-state index contributed by atoms with van der Waals surface area (Å²) in [4.78, 5) is 0. The average Bonchev–Trinajstić information content (AvgIpc) is 2.20. The van der Waals surface area contributed by atoms with Crippen molar-refractivity contribution < 1.29 is 4.39 Å². The Morgan fingerprint density at radius 3 is 2.64 bits per heavy atom. The Bertz CT molecular complexity index is 299. The molecule has 0 bridgehead atoms. The molecule has 0 radical (unpaired) electrons. The minimum absolute atomic E-state index is 0.0249. The zero-order valence-corrected chi connectivity index (χ0v) is 9.43. The third-order valence-electron chi connectivity index (χ3n) is 2.70. The predicted octanol–water partition coefficient (Wildman–Crippen LogP) is 2.86. The van der Waals surface area contributed by atoms with Crippen molar-refractivity contribution in [2.45, 2.75) is 18.5 Å². The molecule has 2 atom stereocenters. The zero-order valence-electron chi connectivity index (χ0n) is 7.84. The van der Waals surface area contributed by atoms with Gasteiger partial charge in [-0.25, -0.2) is 4.39 Å². The largest absolute Gasteiger partial charge is 0.316 e. The first-order valence-corrected chi connectivity index (χ1v) is 5.67. The Hall–Kier alpha value is -0.410. The molecule has 1 fully saturated rings. The number of alkyl halides is 1. The van der Waals surface area contributed by atoms with Gasteiger partial charge >= 0.3 is 0 Å². The van der Waals surface area contributed by atoms with Crippen LogP contribution in [-0.2, 0) is 0 Å². The van der Waals surface area contributed by atoms with Crippen LogP contribution in [0, 0.1) is 0 Å². The second-order valence-electron chi connectivity index (χ2n) is 3.67. The van der Waals surface area contributed by atoms with Crippen molar-refractivity contribution in [2.24, 2.45) is 0 Å². The van der Waals surface area contributed by atoms with E-state index in [9.17, 15) is 4.39 Å². The molecule has 1 N–H and O–H groups in total. The lowest BCUT2D eigenvalue weighted by Gasteiger charge is -2.27. The summed E-state index contributed by atoms with van der Waals surface area (Å²) in [7, 11) is 0. The zero-order chi connectivity index (χ0) is 9.97. The quantitative estimate of drug-likeness (QED) is 0.816. The van der Waals surface area contributed by atoms with Crippen LogP contribution >= 0.6 is 15.9 Å². The SMILES string of the molecule is FC1CCNCC1c1ccc(Br)cc1. The van der Waals surface area contributed by atoms with Crippen LogP contribution in [0.25, 0.3) is 0 Å². The summed E-state index contributed by atoms with van der Waals surface area (Å²) in [5.41, 5.74) is 1.09. The molecular weight excluding hydrogens is 245 g/mol. The molecule has 14 heavy (non-hydrogen) atoms. The van der Waals surface area contributed by atoms with Gasteiger partial charge in [-0.3, -0.25) is 0 Å². The van der Waals surface area contributed by atoms with Gasteiger partial charge in [-0.05, 0) is 30.7 Å². The maximum atomic E-state index is 13.6. The molecule has 1 heterocycles. The molecule has 1 aliphatic rings. The monoisotopic (exact) mass is 257 g/mol. The van der Waals surface area contributed by atoms with Crippen molar-refractivity contribution in [3.8, 4) is 0 Å². The fraction of sp³-hybridized carbons (Fsp3) is 0.455. The van der Waals surface area contributed by atoms with Gasteiger partial charge in [0.05, 0.1) is 0 Å².